The van der Waals surface area contributed by atoms with Crippen LogP contribution in [0.25, 0.3) is 0 Å². The summed E-state index contributed by atoms with van der Waals surface area (Å²) in [5.74, 6) is -1.55. The monoisotopic (exact) mass is 364 g/mol. The topological polar surface area (TPSA) is 18.5 Å². The molecule has 0 amide bonds. The predicted molar refractivity (Wildman–Crippen MR) is 94.4 cm³/mol. The van der Waals surface area contributed by atoms with Crippen LogP contribution in [0.3, 0.4) is 0 Å². The quantitative estimate of drug-likeness (QED) is 0.652. The molecule has 1 aliphatic rings. The standard InChI is InChI=1S/C21H23F3O2/c1-3-26-19-11-10-17(20(23)21(19)24)14-6-4-13(5-7-14)16-9-8-15(25-2)12-18(16)22/h8-14H,3-7H2,1-2H3. The molecule has 1 saturated carbocycles. The van der Waals surface area contributed by atoms with Crippen LogP contribution in [-0.4, -0.2) is 13.7 Å². The third-order valence-corrected chi connectivity index (χ3v) is 5.19. The zero-order valence-electron chi connectivity index (χ0n) is 15.0. The predicted octanol–water partition coefficient (Wildman–Crippen LogP) is 5.95. The van der Waals surface area contributed by atoms with E-state index >= 15 is 0 Å². The Hall–Kier alpha value is -2.17. The van der Waals surface area contributed by atoms with Crippen LogP contribution in [0.2, 0.25) is 0 Å². The molecule has 0 aromatic heterocycles. The molecule has 2 aromatic rings. The highest BCUT2D eigenvalue weighted by atomic mass is 19.2. The summed E-state index contributed by atoms with van der Waals surface area (Å²) in [5.41, 5.74) is 1.06. The number of hydrogen-bond acceptors (Lipinski definition) is 2. The van der Waals surface area contributed by atoms with Crippen LogP contribution in [0.1, 0.15) is 55.6 Å². The third kappa shape index (κ3) is 3.67. The van der Waals surface area contributed by atoms with E-state index in [1.165, 1.54) is 19.2 Å². The number of ether oxygens (including phenoxy) is 2. The summed E-state index contributed by atoms with van der Waals surface area (Å²) in [5, 5.41) is 0. The smallest absolute Gasteiger partial charge is 0.200 e. The van der Waals surface area contributed by atoms with Gasteiger partial charge < -0.3 is 9.47 Å². The van der Waals surface area contributed by atoms with Gasteiger partial charge in [-0.25, -0.2) is 8.78 Å². The molecular weight excluding hydrogens is 341 g/mol. The summed E-state index contributed by atoms with van der Waals surface area (Å²) in [4.78, 5) is 0. The first-order valence-corrected chi connectivity index (χ1v) is 8.99. The first-order valence-electron chi connectivity index (χ1n) is 8.99. The minimum Gasteiger partial charge on any atom is -0.497 e. The summed E-state index contributed by atoms with van der Waals surface area (Å²) >= 11 is 0. The van der Waals surface area contributed by atoms with Gasteiger partial charge >= 0.3 is 0 Å². The Labute approximate surface area is 151 Å². The van der Waals surface area contributed by atoms with Crippen molar-refractivity contribution in [3.8, 4) is 11.5 Å². The Morgan fingerprint density at radius 2 is 1.50 bits per heavy atom. The average molecular weight is 364 g/mol. The van der Waals surface area contributed by atoms with Gasteiger partial charge in [-0.1, -0.05) is 12.1 Å². The van der Waals surface area contributed by atoms with Crippen molar-refractivity contribution in [2.24, 2.45) is 0 Å². The Bertz CT molecular complexity index is 768. The van der Waals surface area contributed by atoms with Crippen LogP contribution >= 0.6 is 0 Å². The van der Waals surface area contributed by atoms with Crippen molar-refractivity contribution in [2.45, 2.75) is 44.4 Å². The van der Waals surface area contributed by atoms with Crippen molar-refractivity contribution in [1.82, 2.24) is 0 Å². The summed E-state index contributed by atoms with van der Waals surface area (Å²) in [6.07, 6.45) is 2.87. The van der Waals surface area contributed by atoms with Crippen molar-refractivity contribution in [3.05, 3.63) is 58.9 Å². The molecule has 0 radical (unpaired) electrons. The summed E-state index contributed by atoms with van der Waals surface area (Å²) in [7, 11) is 1.50. The van der Waals surface area contributed by atoms with Crippen molar-refractivity contribution in [3.63, 3.8) is 0 Å². The molecule has 5 heteroatoms. The molecule has 0 atom stereocenters. The minimum atomic E-state index is -0.923. The van der Waals surface area contributed by atoms with Crippen LogP contribution in [0.15, 0.2) is 30.3 Å². The number of methoxy groups -OCH3 is 1. The van der Waals surface area contributed by atoms with E-state index in [2.05, 4.69) is 0 Å². The molecular formula is C21H23F3O2. The van der Waals surface area contributed by atoms with Gasteiger partial charge in [0.15, 0.2) is 11.6 Å². The lowest BCUT2D eigenvalue weighted by atomic mass is 9.76. The van der Waals surface area contributed by atoms with Crippen molar-refractivity contribution >= 4 is 0 Å². The third-order valence-electron chi connectivity index (χ3n) is 5.19. The molecule has 2 aromatic carbocycles. The molecule has 0 bridgehead atoms. The Kier molecular flexibility index (Phi) is 5.74. The fourth-order valence-corrected chi connectivity index (χ4v) is 3.81. The Balaban J connectivity index is 1.72. The highest BCUT2D eigenvalue weighted by Gasteiger charge is 2.28. The van der Waals surface area contributed by atoms with E-state index < -0.39 is 11.6 Å². The SMILES string of the molecule is CCOc1ccc(C2CCC(c3ccc(OC)cc3F)CC2)c(F)c1F. The fourth-order valence-electron chi connectivity index (χ4n) is 3.81. The average Bonchev–Trinajstić information content (AvgIpc) is 2.66. The highest BCUT2D eigenvalue weighted by molar-refractivity contribution is 5.35. The lowest BCUT2D eigenvalue weighted by molar-refractivity contribution is 0.310. The molecule has 0 unspecified atom stereocenters. The Morgan fingerprint density at radius 1 is 0.885 bits per heavy atom. The second-order valence-electron chi connectivity index (χ2n) is 6.65. The first-order chi connectivity index (χ1) is 12.5. The van der Waals surface area contributed by atoms with Gasteiger partial charge in [-0.3, -0.25) is 0 Å². The van der Waals surface area contributed by atoms with E-state index in [0.29, 0.717) is 29.7 Å². The van der Waals surface area contributed by atoms with Crippen LogP contribution in [0.4, 0.5) is 13.2 Å². The molecule has 140 valence electrons. The maximum atomic E-state index is 14.4. The zero-order valence-corrected chi connectivity index (χ0v) is 15.0. The molecule has 0 heterocycles. The van der Waals surface area contributed by atoms with Crippen molar-refractivity contribution < 1.29 is 22.6 Å². The maximum absolute atomic E-state index is 14.4. The van der Waals surface area contributed by atoms with Gasteiger partial charge in [0.25, 0.3) is 0 Å². The Morgan fingerprint density at radius 3 is 2.08 bits per heavy atom. The number of rotatable bonds is 5. The van der Waals surface area contributed by atoms with Crippen LogP contribution in [0.5, 0.6) is 11.5 Å². The lowest BCUT2D eigenvalue weighted by Crippen LogP contribution is -2.15. The molecule has 0 aliphatic heterocycles. The first kappa shape index (κ1) is 18.6. The lowest BCUT2D eigenvalue weighted by Gasteiger charge is -2.29. The van der Waals surface area contributed by atoms with Crippen molar-refractivity contribution in [1.29, 1.82) is 0 Å². The van der Waals surface area contributed by atoms with Gasteiger partial charge in [0.2, 0.25) is 5.82 Å². The summed E-state index contributed by atoms with van der Waals surface area (Å²) in [6, 6.07) is 8.01. The van der Waals surface area contributed by atoms with Crippen LogP contribution in [0, 0.1) is 17.5 Å². The maximum Gasteiger partial charge on any atom is 0.200 e. The van der Waals surface area contributed by atoms with Gasteiger partial charge in [0.1, 0.15) is 11.6 Å². The summed E-state index contributed by atoms with van der Waals surface area (Å²) < 4.78 is 52.9. The molecule has 3 rings (SSSR count). The van der Waals surface area contributed by atoms with Crippen LogP contribution in [-0.2, 0) is 0 Å². The van der Waals surface area contributed by atoms with Gasteiger partial charge in [-0.05, 0) is 67.7 Å². The van der Waals surface area contributed by atoms with E-state index in [-0.39, 0.29) is 30.0 Å². The van der Waals surface area contributed by atoms with Crippen LogP contribution < -0.4 is 9.47 Å². The van der Waals surface area contributed by atoms with E-state index in [0.717, 1.165) is 12.8 Å². The van der Waals surface area contributed by atoms with E-state index in [4.69, 9.17) is 9.47 Å². The second-order valence-corrected chi connectivity index (χ2v) is 6.65. The van der Waals surface area contributed by atoms with E-state index in [1.54, 1.807) is 25.1 Å². The molecule has 26 heavy (non-hydrogen) atoms. The number of benzene rings is 2. The van der Waals surface area contributed by atoms with Crippen molar-refractivity contribution in [2.75, 3.05) is 13.7 Å². The van der Waals surface area contributed by atoms with Gasteiger partial charge in [0.05, 0.1) is 13.7 Å². The molecule has 1 aliphatic carbocycles. The largest absolute Gasteiger partial charge is 0.497 e. The van der Waals surface area contributed by atoms with E-state index in [9.17, 15) is 13.2 Å². The minimum absolute atomic E-state index is 0.0530. The molecule has 0 N–H and O–H groups in total. The zero-order chi connectivity index (χ0) is 18.7. The van der Waals surface area contributed by atoms with Gasteiger partial charge in [-0.15, -0.1) is 0 Å². The van der Waals surface area contributed by atoms with E-state index in [1.807, 2.05) is 0 Å². The summed E-state index contributed by atoms with van der Waals surface area (Å²) in [6.45, 7) is 2.01. The van der Waals surface area contributed by atoms with Gasteiger partial charge in [-0.2, -0.15) is 4.39 Å². The second kappa shape index (κ2) is 8.02. The molecule has 0 saturated heterocycles. The van der Waals surface area contributed by atoms with Gasteiger partial charge in [0, 0.05) is 6.07 Å². The molecule has 2 nitrogen and oxygen atoms in total. The highest BCUT2D eigenvalue weighted by Crippen LogP contribution is 2.43. The number of hydrogen-bond donors (Lipinski definition) is 0. The molecule has 0 spiro atoms. The fraction of sp³-hybridized carbons (Fsp3) is 0.429. The molecule has 1 fully saturated rings. The normalized spacial score (nSPS) is 20.0. The number of halogens is 3.